The van der Waals surface area contributed by atoms with Gasteiger partial charge in [-0.15, -0.1) is 24.8 Å². The first-order valence-corrected chi connectivity index (χ1v) is 10.5. The minimum atomic E-state index is 0. The second-order valence-electron chi connectivity index (χ2n) is 7.59. The van der Waals surface area contributed by atoms with Gasteiger partial charge in [-0.25, -0.2) is 0 Å². The summed E-state index contributed by atoms with van der Waals surface area (Å²) >= 11 is 0. The Bertz CT molecular complexity index is 963. The standard InChI is InChI=1S/C25H29N3O2.2ClH/c1-29-23-8-6-21(7-9-23)28(22-11-13-26-14-12-22)18-19-10-15-27-25(16-19)20-4-3-5-24(17-20)30-2;;/h3-10,15-17,22,26H,11-14,18H2,1-2H3;2*1H. The summed E-state index contributed by atoms with van der Waals surface area (Å²) in [7, 11) is 3.39. The van der Waals surface area contributed by atoms with Gasteiger partial charge in [0.1, 0.15) is 11.5 Å². The number of aromatic nitrogens is 1. The van der Waals surface area contributed by atoms with Gasteiger partial charge < -0.3 is 19.7 Å². The maximum atomic E-state index is 5.38. The van der Waals surface area contributed by atoms with Crippen LogP contribution in [0.4, 0.5) is 5.69 Å². The van der Waals surface area contributed by atoms with Crippen LogP contribution in [0, 0.1) is 0 Å². The summed E-state index contributed by atoms with van der Waals surface area (Å²) in [5.41, 5.74) is 4.50. The number of anilines is 1. The lowest BCUT2D eigenvalue weighted by Crippen LogP contribution is -2.43. The van der Waals surface area contributed by atoms with Crippen molar-refractivity contribution >= 4 is 30.5 Å². The Morgan fingerprint density at radius 1 is 0.906 bits per heavy atom. The molecule has 1 N–H and O–H groups in total. The molecule has 0 amide bonds. The van der Waals surface area contributed by atoms with Gasteiger partial charge in [-0.05, 0) is 80.0 Å². The summed E-state index contributed by atoms with van der Waals surface area (Å²) < 4.78 is 10.7. The molecule has 7 heteroatoms. The minimum Gasteiger partial charge on any atom is -0.497 e. The zero-order valence-electron chi connectivity index (χ0n) is 18.5. The number of pyridine rings is 1. The molecule has 1 aromatic heterocycles. The smallest absolute Gasteiger partial charge is 0.119 e. The van der Waals surface area contributed by atoms with E-state index in [9.17, 15) is 0 Å². The molecule has 1 fully saturated rings. The van der Waals surface area contributed by atoms with E-state index in [4.69, 9.17) is 9.47 Å². The van der Waals surface area contributed by atoms with Crippen molar-refractivity contribution in [3.63, 3.8) is 0 Å². The molecule has 2 heterocycles. The van der Waals surface area contributed by atoms with E-state index in [-0.39, 0.29) is 24.8 Å². The highest BCUT2D eigenvalue weighted by Crippen LogP contribution is 2.28. The first-order chi connectivity index (χ1) is 14.8. The van der Waals surface area contributed by atoms with E-state index in [0.717, 1.165) is 55.2 Å². The predicted octanol–water partition coefficient (Wildman–Crippen LogP) is 5.37. The van der Waals surface area contributed by atoms with Gasteiger partial charge in [-0.3, -0.25) is 4.98 Å². The van der Waals surface area contributed by atoms with Crippen molar-refractivity contribution < 1.29 is 9.47 Å². The van der Waals surface area contributed by atoms with Gasteiger partial charge >= 0.3 is 0 Å². The van der Waals surface area contributed by atoms with E-state index in [2.05, 4.69) is 45.5 Å². The van der Waals surface area contributed by atoms with Crippen LogP contribution in [0.2, 0.25) is 0 Å². The third-order valence-corrected chi connectivity index (χ3v) is 5.70. The minimum absolute atomic E-state index is 0. The lowest BCUT2D eigenvalue weighted by Gasteiger charge is -2.36. The van der Waals surface area contributed by atoms with Gasteiger partial charge in [0.25, 0.3) is 0 Å². The number of nitrogens with zero attached hydrogens (tertiary/aromatic N) is 2. The Hall–Kier alpha value is -2.47. The van der Waals surface area contributed by atoms with Gasteiger partial charge in [0.2, 0.25) is 0 Å². The highest BCUT2D eigenvalue weighted by Gasteiger charge is 2.22. The van der Waals surface area contributed by atoms with Crippen LogP contribution in [0.1, 0.15) is 18.4 Å². The van der Waals surface area contributed by atoms with E-state index >= 15 is 0 Å². The summed E-state index contributed by atoms with van der Waals surface area (Å²) in [6.07, 6.45) is 4.18. The van der Waals surface area contributed by atoms with Crippen LogP contribution in [0.25, 0.3) is 11.3 Å². The number of rotatable bonds is 7. The molecular weight excluding hydrogens is 445 g/mol. The highest BCUT2D eigenvalue weighted by molar-refractivity contribution is 5.85. The number of halogens is 2. The van der Waals surface area contributed by atoms with Crippen LogP contribution in [-0.4, -0.2) is 38.3 Å². The molecule has 1 aliphatic rings. The molecule has 0 atom stereocenters. The van der Waals surface area contributed by atoms with E-state index < -0.39 is 0 Å². The Morgan fingerprint density at radius 3 is 2.31 bits per heavy atom. The van der Waals surface area contributed by atoms with Gasteiger partial charge in [0, 0.05) is 30.0 Å². The molecule has 0 spiro atoms. The summed E-state index contributed by atoms with van der Waals surface area (Å²) in [5, 5.41) is 3.48. The van der Waals surface area contributed by atoms with Gasteiger partial charge in [0.05, 0.1) is 19.9 Å². The third kappa shape index (κ3) is 6.28. The molecule has 0 radical (unpaired) electrons. The van der Waals surface area contributed by atoms with E-state index in [1.807, 2.05) is 36.5 Å². The SMILES string of the molecule is COc1ccc(N(Cc2ccnc(-c3cccc(OC)c3)c2)C2CCNCC2)cc1.Cl.Cl. The van der Waals surface area contributed by atoms with E-state index in [1.54, 1.807) is 14.2 Å². The Morgan fingerprint density at radius 2 is 1.62 bits per heavy atom. The number of hydrogen-bond donors (Lipinski definition) is 1. The Labute approximate surface area is 203 Å². The fourth-order valence-corrected chi connectivity index (χ4v) is 4.03. The number of nitrogens with one attached hydrogen (secondary N) is 1. The quantitative estimate of drug-likeness (QED) is 0.497. The van der Waals surface area contributed by atoms with Gasteiger partial charge in [0.15, 0.2) is 0 Å². The van der Waals surface area contributed by atoms with Crippen LogP contribution in [0.5, 0.6) is 11.5 Å². The van der Waals surface area contributed by atoms with Crippen molar-refractivity contribution in [1.82, 2.24) is 10.3 Å². The van der Waals surface area contributed by atoms with Crippen LogP contribution in [0.3, 0.4) is 0 Å². The fourth-order valence-electron chi connectivity index (χ4n) is 4.03. The lowest BCUT2D eigenvalue weighted by molar-refractivity contribution is 0.413. The number of ether oxygens (including phenoxy) is 2. The molecule has 1 saturated heterocycles. The summed E-state index contributed by atoms with van der Waals surface area (Å²) in [4.78, 5) is 7.12. The lowest BCUT2D eigenvalue weighted by atomic mass is 10.0. The molecule has 4 rings (SSSR count). The van der Waals surface area contributed by atoms with Gasteiger partial charge in [-0.2, -0.15) is 0 Å². The predicted molar refractivity (Wildman–Crippen MR) is 136 cm³/mol. The molecule has 1 aliphatic heterocycles. The normalized spacial score (nSPS) is 13.4. The number of hydrogen-bond acceptors (Lipinski definition) is 5. The van der Waals surface area contributed by atoms with Crippen LogP contribution >= 0.6 is 24.8 Å². The molecule has 5 nitrogen and oxygen atoms in total. The molecule has 172 valence electrons. The average molecular weight is 476 g/mol. The van der Waals surface area contributed by atoms with E-state index in [1.165, 1.54) is 11.3 Å². The van der Waals surface area contributed by atoms with Crippen molar-refractivity contribution in [1.29, 1.82) is 0 Å². The first kappa shape index (κ1) is 25.8. The maximum Gasteiger partial charge on any atom is 0.119 e. The van der Waals surface area contributed by atoms with Crippen molar-refractivity contribution in [3.05, 3.63) is 72.4 Å². The monoisotopic (exact) mass is 475 g/mol. The average Bonchev–Trinajstić information content (AvgIpc) is 2.83. The second-order valence-corrected chi connectivity index (χ2v) is 7.59. The molecule has 0 aliphatic carbocycles. The molecule has 0 saturated carbocycles. The van der Waals surface area contributed by atoms with E-state index in [0.29, 0.717) is 6.04 Å². The molecule has 0 unspecified atom stereocenters. The fraction of sp³-hybridized carbons (Fsp3) is 0.320. The highest BCUT2D eigenvalue weighted by atomic mass is 35.5. The summed E-state index contributed by atoms with van der Waals surface area (Å²) in [6, 6.07) is 21.3. The van der Waals surface area contributed by atoms with Gasteiger partial charge in [-0.1, -0.05) is 12.1 Å². The zero-order chi connectivity index (χ0) is 20.8. The first-order valence-electron chi connectivity index (χ1n) is 10.5. The van der Waals surface area contributed by atoms with Crippen molar-refractivity contribution in [3.8, 4) is 22.8 Å². The molecule has 3 aromatic rings. The third-order valence-electron chi connectivity index (χ3n) is 5.70. The van der Waals surface area contributed by atoms with Crippen molar-refractivity contribution in [2.75, 3.05) is 32.2 Å². The van der Waals surface area contributed by atoms with Crippen molar-refractivity contribution in [2.24, 2.45) is 0 Å². The van der Waals surface area contributed by atoms with Crippen molar-refractivity contribution in [2.45, 2.75) is 25.4 Å². The Balaban J connectivity index is 0.00000181. The molecule has 32 heavy (non-hydrogen) atoms. The second kappa shape index (κ2) is 12.5. The summed E-state index contributed by atoms with van der Waals surface area (Å²) in [6.45, 7) is 2.96. The van der Waals surface area contributed by atoms with Crippen LogP contribution < -0.4 is 19.7 Å². The zero-order valence-corrected chi connectivity index (χ0v) is 20.1. The maximum absolute atomic E-state index is 5.38. The summed E-state index contributed by atoms with van der Waals surface area (Å²) in [5.74, 6) is 1.72. The molecule has 0 bridgehead atoms. The number of methoxy groups -OCH3 is 2. The number of piperidine rings is 1. The number of benzene rings is 2. The topological polar surface area (TPSA) is 46.6 Å². The molecular formula is C25H31Cl2N3O2. The van der Waals surface area contributed by atoms with Crippen LogP contribution in [-0.2, 0) is 6.54 Å². The Kier molecular flexibility index (Phi) is 10.1. The molecule has 2 aromatic carbocycles. The largest absolute Gasteiger partial charge is 0.497 e. The van der Waals surface area contributed by atoms with Crippen LogP contribution in [0.15, 0.2) is 66.9 Å².